The van der Waals surface area contributed by atoms with Crippen molar-refractivity contribution in [3.8, 4) is 0 Å². The van der Waals surface area contributed by atoms with Gasteiger partial charge < -0.3 is 5.32 Å². The second-order valence-corrected chi connectivity index (χ2v) is 5.44. The topological polar surface area (TPSA) is 12.0 Å². The van der Waals surface area contributed by atoms with Crippen molar-refractivity contribution < 1.29 is 0 Å². The molecule has 1 nitrogen and oxygen atoms in total. The highest BCUT2D eigenvalue weighted by Crippen LogP contribution is 2.25. The fraction of sp³-hybridized carbons (Fsp3) is 0.538. The molecule has 2 heteroatoms. The molecule has 0 spiro atoms. The molecule has 0 unspecified atom stereocenters. The van der Waals surface area contributed by atoms with Crippen LogP contribution in [0.15, 0.2) is 28.7 Å². The number of hydrogen-bond acceptors (Lipinski definition) is 1. The van der Waals surface area contributed by atoms with Crippen molar-refractivity contribution in [3.05, 3.63) is 34.3 Å². The van der Waals surface area contributed by atoms with Crippen molar-refractivity contribution >= 4 is 15.9 Å². The van der Waals surface area contributed by atoms with E-state index in [0.29, 0.717) is 0 Å². The molecule has 1 aliphatic rings. The molecule has 1 saturated carbocycles. The smallest absolute Gasteiger partial charge is 0.0220 e. The predicted molar refractivity (Wildman–Crippen MR) is 67.8 cm³/mol. The maximum atomic E-state index is 3.64. The van der Waals surface area contributed by atoms with Gasteiger partial charge in [-0.3, -0.25) is 0 Å². The van der Waals surface area contributed by atoms with E-state index >= 15 is 0 Å². The maximum absolute atomic E-state index is 3.64. The summed E-state index contributed by atoms with van der Waals surface area (Å²) in [6.45, 7) is 3.33. The molecule has 1 aromatic carbocycles. The van der Waals surface area contributed by atoms with Crippen LogP contribution in [-0.2, 0) is 6.54 Å². The minimum Gasteiger partial charge on any atom is -0.310 e. The Morgan fingerprint density at radius 1 is 1.33 bits per heavy atom. The van der Waals surface area contributed by atoms with Gasteiger partial charge in [-0.2, -0.15) is 0 Å². The van der Waals surface area contributed by atoms with Crippen LogP contribution < -0.4 is 5.32 Å². The van der Waals surface area contributed by atoms with Gasteiger partial charge in [-0.05, 0) is 36.8 Å². The van der Waals surface area contributed by atoms with Crippen molar-refractivity contribution in [1.82, 2.24) is 5.32 Å². The van der Waals surface area contributed by atoms with E-state index in [4.69, 9.17) is 0 Å². The van der Waals surface area contributed by atoms with Gasteiger partial charge in [0.15, 0.2) is 0 Å². The van der Waals surface area contributed by atoms with Gasteiger partial charge in [-0.1, -0.05) is 41.1 Å². The molecule has 1 fully saturated rings. The third-order valence-electron chi connectivity index (χ3n) is 3.23. The molecular weight excluding hydrogens is 250 g/mol. The van der Waals surface area contributed by atoms with E-state index in [1.165, 1.54) is 29.3 Å². The van der Waals surface area contributed by atoms with Gasteiger partial charge in [-0.15, -0.1) is 0 Å². The molecule has 1 aliphatic carbocycles. The largest absolute Gasteiger partial charge is 0.310 e. The fourth-order valence-corrected chi connectivity index (χ4v) is 2.71. The molecule has 2 rings (SSSR count). The van der Waals surface area contributed by atoms with Gasteiger partial charge in [0.05, 0.1) is 0 Å². The Balaban J connectivity index is 1.86. The molecule has 0 saturated heterocycles. The normalized spacial score (nSPS) is 25.7. The standard InChI is InChI=1S/C13H18BrN/c1-10-6-7-12(8-10)15-9-11-4-2-3-5-13(11)14/h2-5,10,12,15H,6-9H2,1H3/t10-,12+/m0/s1. The summed E-state index contributed by atoms with van der Waals surface area (Å²) >= 11 is 3.58. The van der Waals surface area contributed by atoms with Crippen molar-refractivity contribution in [2.24, 2.45) is 5.92 Å². The van der Waals surface area contributed by atoms with E-state index in [1.54, 1.807) is 0 Å². The van der Waals surface area contributed by atoms with E-state index < -0.39 is 0 Å². The van der Waals surface area contributed by atoms with Crippen LogP contribution in [0, 0.1) is 5.92 Å². The molecule has 0 bridgehead atoms. The Bertz CT molecular complexity index is 324. The Labute approximate surface area is 100 Å². The second-order valence-electron chi connectivity index (χ2n) is 4.59. The summed E-state index contributed by atoms with van der Waals surface area (Å²) in [4.78, 5) is 0. The van der Waals surface area contributed by atoms with Gasteiger partial charge in [0.1, 0.15) is 0 Å². The number of hydrogen-bond donors (Lipinski definition) is 1. The molecule has 0 aliphatic heterocycles. The summed E-state index contributed by atoms with van der Waals surface area (Å²) in [5.74, 6) is 0.904. The van der Waals surface area contributed by atoms with E-state index in [0.717, 1.165) is 18.5 Å². The van der Waals surface area contributed by atoms with Crippen LogP contribution >= 0.6 is 15.9 Å². The first-order valence-electron chi connectivity index (χ1n) is 5.72. The van der Waals surface area contributed by atoms with Crippen LogP contribution in [0.5, 0.6) is 0 Å². The number of halogens is 1. The van der Waals surface area contributed by atoms with Crippen molar-refractivity contribution in [2.75, 3.05) is 0 Å². The van der Waals surface area contributed by atoms with Gasteiger partial charge in [0, 0.05) is 17.1 Å². The molecular formula is C13H18BrN. The fourth-order valence-electron chi connectivity index (χ4n) is 2.29. The third-order valence-corrected chi connectivity index (χ3v) is 4.01. The lowest BCUT2D eigenvalue weighted by Gasteiger charge is -2.13. The highest BCUT2D eigenvalue weighted by atomic mass is 79.9. The average Bonchev–Trinajstić information content (AvgIpc) is 2.63. The molecule has 0 amide bonds. The molecule has 15 heavy (non-hydrogen) atoms. The minimum atomic E-state index is 0.729. The Morgan fingerprint density at radius 2 is 2.13 bits per heavy atom. The lowest BCUT2D eigenvalue weighted by atomic mass is 10.1. The lowest BCUT2D eigenvalue weighted by molar-refractivity contribution is 0.502. The van der Waals surface area contributed by atoms with Crippen LogP contribution in [0.2, 0.25) is 0 Å². The highest BCUT2D eigenvalue weighted by molar-refractivity contribution is 9.10. The number of benzene rings is 1. The summed E-state index contributed by atoms with van der Waals surface area (Å²) < 4.78 is 1.21. The predicted octanol–water partition coefficient (Wildman–Crippen LogP) is 3.73. The van der Waals surface area contributed by atoms with Gasteiger partial charge in [0.2, 0.25) is 0 Å². The lowest BCUT2D eigenvalue weighted by Crippen LogP contribution is -2.25. The van der Waals surface area contributed by atoms with E-state index in [9.17, 15) is 0 Å². The zero-order chi connectivity index (χ0) is 10.7. The molecule has 0 aromatic heterocycles. The van der Waals surface area contributed by atoms with Crippen LogP contribution in [0.4, 0.5) is 0 Å². The van der Waals surface area contributed by atoms with Crippen LogP contribution in [-0.4, -0.2) is 6.04 Å². The van der Waals surface area contributed by atoms with Crippen molar-refractivity contribution in [3.63, 3.8) is 0 Å². The van der Waals surface area contributed by atoms with Gasteiger partial charge in [-0.25, -0.2) is 0 Å². The number of nitrogens with one attached hydrogen (secondary N) is 1. The highest BCUT2D eigenvalue weighted by Gasteiger charge is 2.20. The van der Waals surface area contributed by atoms with Crippen molar-refractivity contribution in [1.29, 1.82) is 0 Å². The second kappa shape index (κ2) is 5.13. The van der Waals surface area contributed by atoms with Crippen LogP contribution in [0.25, 0.3) is 0 Å². The SMILES string of the molecule is C[C@H]1CC[C@@H](NCc2ccccc2Br)C1. The quantitative estimate of drug-likeness (QED) is 0.880. The summed E-state index contributed by atoms with van der Waals surface area (Å²) in [7, 11) is 0. The Kier molecular flexibility index (Phi) is 3.81. The first-order chi connectivity index (χ1) is 7.25. The zero-order valence-electron chi connectivity index (χ0n) is 9.17. The van der Waals surface area contributed by atoms with Gasteiger partial charge in [0.25, 0.3) is 0 Å². The summed E-state index contributed by atoms with van der Waals surface area (Å²) in [5.41, 5.74) is 1.36. The molecule has 0 heterocycles. The van der Waals surface area contributed by atoms with Crippen LogP contribution in [0.3, 0.4) is 0 Å². The monoisotopic (exact) mass is 267 g/mol. The maximum Gasteiger partial charge on any atom is 0.0220 e. The van der Waals surface area contributed by atoms with E-state index in [1.807, 2.05) is 0 Å². The van der Waals surface area contributed by atoms with E-state index in [-0.39, 0.29) is 0 Å². The minimum absolute atomic E-state index is 0.729. The molecule has 1 aromatic rings. The van der Waals surface area contributed by atoms with Crippen molar-refractivity contribution in [2.45, 2.75) is 38.8 Å². The first-order valence-corrected chi connectivity index (χ1v) is 6.52. The molecule has 82 valence electrons. The number of rotatable bonds is 3. The van der Waals surface area contributed by atoms with E-state index in [2.05, 4.69) is 52.4 Å². The van der Waals surface area contributed by atoms with Gasteiger partial charge >= 0.3 is 0 Å². The average molecular weight is 268 g/mol. The Morgan fingerprint density at radius 3 is 2.80 bits per heavy atom. The molecule has 0 radical (unpaired) electrons. The van der Waals surface area contributed by atoms with Crippen LogP contribution in [0.1, 0.15) is 31.7 Å². The molecule has 2 atom stereocenters. The summed E-state index contributed by atoms with van der Waals surface area (Å²) in [6.07, 6.45) is 4.06. The third kappa shape index (κ3) is 3.05. The summed E-state index contributed by atoms with van der Waals surface area (Å²) in [6, 6.07) is 9.17. The summed E-state index contributed by atoms with van der Waals surface area (Å²) in [5, 5.41) is 3.64. The Hall–Kier alpha value is -0.340. The zero-order valence-corrected chi connectivity index (χ0v) is 10.8. The first kappa shape index (κ1) is 11.2. The molecule has 1 N–H and O–H groups in total.